The third-order valence-corrected chi connectivity index (χ3v) is 20.3. The van der Waals surface area contributed by atoms with Gasteiger partial charge in [0.1, 0.15) is 0 Å². The number of nitriles is 2. The first-order valence-corrected chi connectivity index (χ1v) is 32.5. The van der Waals surface area contributed by atoms with Gasteiger partial charge in [-0.3, -0.25) is 0 Å². The second-order valence-electron chi connectivity index (χ2n) is 25.3. The molecule has 0 saturated carbocycles. The van der Waals surface area contributed by atoms with Crippen molar-refractivity contribution in [3.63, 3.8) is 0 Å². The summed E-state index contributed by atoms with van der Waals surface area (Å²) in [6, 6.07) is 105. The molecule has 0 spiro atoms. The number of rotatable bonds is 7. The highest BCUT2D eigenvalue weighted by Crippen LogP contribution is 2.48. The average Bonchev–Trinajstić information content (AvgIpc) is 1.53. The Balaban J connectivity index is 0.975. The van der Waals surface area contributed by atoms with Crippen molar-refractivity contribution >= 4 is 131 Å². The first kappa shape index (κ1) is 55.1. The van der Waals surface area contributed by atoms with Crippen LogP contribution in [0.25, 0.3) is 176 Å². The van der Waals surface area contributed by atoms with Gasteiger partial charge in [0, 0.05) is 92.9 Å². The fraction of sp³-hybridized carbons (Fsp3) is 0.0115. The Labute approximate surface area is 556 Å². The molecule has 20 rings (SSSR count). The molecule has 6 aromatic heterocycles. The molecule has 0 aliphatic rings. The number of aromatic nitrogens is 6. The van der Waals surface area contributed by atoms with E-state index in [1.807, 2.05) is 6.07 Å². The molecule has 0 aliphatic carbocycles. The summed E-state index contributed by atoms with van der Waals surface area (Å²) in [5.74, 6) is 0. The van der Waals surface area contributed by atoms with Crippen molar-refractivity contribution in [2.75, 3.05) is 0 Å². The van der Waals surface area contributed by atoms with Gasteiger partial charge in [0.25, 0.3) is 0 Å². The number of hydrogen-bond acceptors (Lipinski definition) is 2. The molecule has 98 heavy (non-hydrogen) atoms. The number of para-hydroxylation sites is 8. The highest BCUT2D eigenvalue weighted by Gasteiger charge is 2.36. The van der Waals surface area contributed by atoms with Crippen molar-refractivity contribution in [2.24, 2.45) is 0 Å². The SMILES string of the molecule is N#Cc1ccc(-c2cc(-n3c4cc(-n5c6ccccc6c6ccccc65)ccc4c4ccc(-n5c6ccccc6c6ccccc65)cc43)c(-n3c4cc(-n5c6ccccc6c6ccccc65)ccc4c4ccc(-n5c6ccccc6c6ccccc65)cc43)cc2C#N)c(C(F)(F)F)c1. The molecule has 0 radical (unpaired) electrons. The molecule has 0 aliphatic heterocycles. The van der Waals surface area contributed by atoms with Crippen molar-refractivity contribution in [1.82, 2.24) is 27.4 Å². The lowest BCUT2D eigenvalue weighted by Crippen LogP contribution is -2.10. The van der Waals surface area contributed by atoms with Crippen LogP contribution in [0.1, 0.15) is 16.7 Å². The van der Waals surface area contributed by atoms with Gasteiger partial charge in [-0.25, -0.2) is 0 Å². The molecule has 0 atom stereocenters. The predicted octanol–water partition coefficient (Wildman–Crippen LogP) is 22.7. The summed E-state index contributed by atoms with van der Waals surface area (Å²) in [6.07, 6.45) is -4.92. The van der Waals surface area contributed by atoms with Crippen molar-refractivity contribution in [3.05, 3.63) is 314 Å². The van der Waals surface area contributed by atoms with E-state index in [4.69, 9.17) is 0 Å². The Morgan fingerprint density at radius 3 is 0.765 bits per heavy atom. The van der Waals surface area contributed by atoms with Crippen LogP contribution in [0.3, 0.4) is 0 Å². The van der Waals surface area contributed by atoms with E-state index < -0.39 is 11.7 Å². The largest absolute Gasteiger partial charge is 0.417 e. The second kappa shape index (κ2) is 20.6. The van der Waals surface area contributed by atoms with E-state index in [0.717, 1.165) is 160 Å². The van der Waals surface area contributed by atoms with Crippen LogP contribution in [0.2, 0.25) is 0 Å². The number of halogens is 3. The maximum absolute atomic E-state index is 16.0. The maximum atomic E-state index is 16.0. The minimum Gasteiger partial charge on any atom is -0.309 e. The van der Waals surface area contributed by atoms with Gasteiger partial charge < -0.3 is 27.4 Å². The Kier molecular flexibility index (Phi) is 11.6. The number of fused-ring (bicyclic) bond motifs is 18. The highest BCUT2D eigenvalue weighted by atomic mass is 19.4. The van der Waals surface area contributed by atoms with Gasteiger partial charge in [-0.1, -0.05) is 176 Å². The van der Waals surface area contributed by atoms with Crippen LogP contribution < -0.4 is 0 Å². The van der Waals surface area contributed by atoms with Crippen molar-refractivity contribution in [1.29, 1.82) is 10.5 Å². The topological polar surface area (TPSA) is 77.2 Å². The van der Waals surface area contributed by atoms with Crippen LogP contribution in [0.15, 0.2) is 297 Å². The summed E-state index contributed by atoms with van der Waals surface area (Å²) >= 11 is 0. The van der Waals surface area contributed by atoms with E-state index in [1.165, 1.54) is 12.1 Å². The molecule has 8 nitrogen and oxygen atoms in total. The number of nitrogens with zero attached hydrogens (tertiary/aromatic N) is 8. The van der Waals surface area contributed by atoms with Crippen LogP contribution in [-0.2, 0) is 6.18 Å². The van der Waals surface area contributed by atoms with Crippen LogP contribution in [0.4, 0.5) is 13.2 Å². The lowest BCUT2D eigenvalue weighted by molar-refractivity contribution is -0.137. The first-order valence-electron chi connectivity index (χ1n) is 32.5. The summed E-state index contributed by atoms with van der Waals surface area (Å²) in [6.45, 7) is 0. The Morgan fingerprint density at radius 1 is 0.235 bits per heavy atom. The molecular weight excluding hydrogens is 1210 g/mol. The first-order chi connectivity index (χ1) is 48.2. The monoisotopic (exact) mass is 1260 g/mol. The van der Waals surface area contributed by atoms with E-state index in [1.54, 1.807) is 12.1 Å². The highest BCUT2D eigenvalue weighted by molar-refractivity contribution is 6.17. The number of alkyl halides is 3. The molecule has 0 N–H and O–H groups in total. The molecule has 0 saturated heterocycles. The van der Waals surface area contributed by atoms with Crippen LogP contribution in [-0.4, -0.2) is 27.4 Å². The third-order valence-electron chi connectivity index (χ3n) is 20.3. The molecule has 458 valence electrons. The standard InChI is InChI=1S/C87H49F3N8/c88-87(89,90)72-43-52(50-91)33-38-58(72)71-49-86(98-83-47-56(95-77-29-13-5-21-63(77)64-22-6-14-30-78(64)95)36-41-69(83)70-42-37-57(48-84(70)98)96-79-31-15-7-23-65(79)66-24-8-16-32-80(66)96)85(44-53(71)51-92)97-81-45-54(93-73-25-9-1-17-59(73)60-18-2-10-26-74(60)93)34-39-67(81)68-40-35-55(46-82(68)97)94-75-27-11-3-19-61(75)62-20-4-12-28-76(62)94/h1-49H. The molecule has 6 heterocycles. The summed E-state index contributed by atoms with van der Waals surface area (Å²) in [7, 11) is 0. The quantitative estimate of drug-likeness (QED) is 0.159. The minimum atomic E-state index is -4.92. The summed E-state index contributed by atoms with van der Waals surface area (Å²) in [4.78, 5) is 0. The fourth-order valence-corrected chi connectivity index (χ4v) is 16.2. The Morgan fingerprint density at radius 2 is 0.500 bits per heavy atom. The predicted molar refractivity (Wildman–Crippen MR) is 392 cm³/mol. The normalized spacial score (nSPS) is 12.2. The summed E-state index contributed by atoms with van der Waals surface area (Å²) in [5, 5.41) is 34.4. The third kappa shape index (κ3) is 7.81. The minimum absolute atomic E-state index is 0.00349. The molecule has 14 aromatic carbocycles. The molecule has 0 unspecified atom stereocenters. The number of benzene rings is 14. The van der Waals surface area contributed by atoms with Gasteiger partial charge in [-0.05, 0) is 127 Å². The Hall–Kier alpha value is -13.4. The molecule has 0 fully saturated rings. The zero-order valence-electron chi connectivity index (χ0n) is 52.0. The molecule has 0 bridgehead atoms. The molecule has 20 aromatic rings. The van der Waals surface area contributed by atoms with E-state index >= 15 is 13.2 Å². The molecular formula is C87H49F3N8. The second-order valence-corrected chi connectivity index (χ2v) is 25.3. The molecule has 0 amide bonds. The fourth-order valence-electron chi connectivity index (χ4n) is 16.2. The van der Waals surface area contributed by atoms with Crippen molar-refractivity contribution in [2.45, 2.75) is 6.18 Å². The van der Waals surface area contributed by atoms with Gasteiger partial charge in [-0.2, -0.15) is 23.7 Å². The van der Waals surface area contributed by atoms with Crippen molar-refractivity contribution in [3.8, 4) is 57.4 Å². The lowest BCUT2D eigenvalue weighted by Gasteiger charge is -2.22. The van der Waals surface area contributed by atoms with E-state index in [9.17, 15) is 10.5 Å². The number of hydrogen-bond donors (Lipinski definition) is 0. The average molecular weight is 1260 g/mol. The lowest BCUT2D eigenvalue weighted by atomic mass is 9.92. The van der Waals surface area contributed by atoms with Crippen LogP contribution >= 0.6 is 0 Å². The van der Waals surface area contributed by atoms with Gasteiger partial charge in [0.15, 0.2) is 0 Å². The van der Waals surface area contributed by atoms with Crippen LogP contribution in [0.5, 0.6) is 0 Å². The van der Waals surface area contributed by atoms with Gasteiger partial charge in [-0.15, -0.1) is 0 Å². The Bertz CT molecular complexity index is 6410. The van der Waals surface area contributed by atoms with Gasteiger partial charge in [0.05, 0.1) is 106 Å². The van der Waals surface area contributed by atoms with E-state index in [2.05, 4.69) is 300 Å². The van der Waals surface area contributed by atoms with E-state index in [0.29, 0.717) is 11.4 Å². The van der Waals surface area contributed by atoms with Crippen molar-refractivity contribution < 1.29 is 13.2 Å². The zero-order valence-corrected chi connectivity index (χ0v) is 52.0. The van der Waals surface area contributed by atoms with Gasteiger partial charge in [0.2, 0.25) is 0 Å². The smallest absolute Gasteiger partial charge is 0.309 e. The zero-order chi connectivity index (χ0) is 65.2. The van der Waals surface area contributed by atoms with E-state index in [-0.39, 0.29) is 22.3 Å². The van der Waals surface area contributed by atoms with Gasteiger partial charge >= 0.3 is 6.18 Å². The maximum Gasteiger partial charge on any atom is 0.417 e. The summed E-state index contributed by atoms with van der Waals surface area (Å²) in [5.41, 5.74) is 14.4. The molecule has 11 heteroatoms. The van der Waals surface area contributed by atoms with Crippen LogP contribution in [0, 0.1) is 22.7 Å². The summed E-state index contributed by atoms with van der Waals surface area (Å²) < 4.78 is 61.7.